The number of carbonyl (C=O) groups is 2. The van der Waals surface area contributed by atoms with Crippen LogP contribution in [0.2, 0.25) is 0 Å². The van der Waals surface area contributed by atoms with Gasteiger partial charge in [0.1, 0.15) is 11.5 Å². The van der Waals surface area contributed by atoms with Gasteiger partial charge in [-0.2, -0.15) is 0 Å². The third kappa shape index (κ3) is 4.05. The first-order valence-electron chi connectivity index (χ1n) is 11.7. The van der Waals surface area contributed by atoms with Gasteiger partial charge >= 0.3 is 5.91 Å². The van der Waals surface area contributed by atoms with Crippen LogP contribution in [0, 0.1) is 6.92 Å². The first kappa shape index (κ1) is 23.8. The van der Waals surface area contributed by atoms with E-state index < -0.39 is 17.7 Å². The zero-order chi connectivity index (χ0) is 25.6. The Labute approximate surface area is 213 Å². The lowest BCUT2D eigenvalue weighted by molar-refractivity contribution is -0.132. The Bertz CT molecular complexity index is 1500. The molecule has 7 heteroatoms. The van der Waals surface area contributed by atoms with Gasteiger partial charge < -0.3 is 9.84 Å². The van der Waals surface area contributed by atoms with Gasteiger partial charge in [0.15, 0.2) is 5.13 Å². The average Bonchev–Trinajstić information content (AvgIpc) is 3.41. The molecule has 0 saturated carbocycles. The van der Waals surface area contributed by atoms with Crippen LogP contribution in [0.1, 0.15) is 48.1 Å². The van der Waals surface area contributed by atoms with E-state index in [4.69, 9.17) is 4.74 Å². The molecule has 0 radical (unpaired) electrons. The second-order valence-corrected chi connectivity index (χ2v) is 10.2. The van der Waals surface area contributed by atoms with Crippen LogP contribution in [0.3, 0.4) is 0 Å². The monoisotopic (exact) mass is 498 g/mol. The smallest absolute Gasteiger partial charge is 0.301 e. The minimum absolute atomic E-state index is 0.0397. The van der Waals surface area contributed by atoms with Crippen LogP contribution in [-0.2, 0) is 9.59 Å². The number of aryl methyl sites for hydroxylation is 1. The van der Waals surface area contributed by atoms with Gasteiger partial charge in [-0.1, -0.05) is 55.5 Å². The highest BCUT2D eigenvalue weighted by Crippen LogP contribution is 2.44. The molecule has 36 heavy (non-hydrogen) atoms. The largest absolute Gasteiger partial charge is 0.507 e. The second-order valence-electron chi connectivity index (χ2n) is 9.19. The molecule has 1 amide bonds. The van der Waals surface area contributed by atoms with Gasteiger partial charge in [-0.3, -0.25) is 14.5 Å². The Balaban J connectivity index is 1.70. The summed E-state index contributed by atoms with van der Waals surface area (Å²) in [6.07, 6.45) is 0. The molecule has 1 saturated heterocycles. The number of aliphatic hydroxyl groups is 1. The molecule has 1 aromatic heterocycles. The minimum Gasteiger partial charge on any atom is -0.507 e. The topological polar surface area (TPSA) is 79.7 Å². The summed E-state index contributed by atoms with van der Waals surface area (Å²) in [5, 5.41) is 11.7. The number of nitrogens with zero attached hydrogens (tertiary/aromatic N) is 2. The summed E-state index contributed by atoms with van der Waals surface area (Å²) in [4.78, 5) is 32.9. The number of ketones is 1. The molecule has 182 valence electrons. The SMILES string of the molecule is COc1ccc(/C(O)=C2\C(=O)C(=O)N(c3nc4ccc(C)cc4s3)[C@H]2c2ccc(C(C)C)cc2)cc1. The number of benzene rings is 3. The molecule has 1 aliphatic heterocycles. The average molecular weight is 499 g/mol. The van der Waals surface area contributed by atoms with Crippen LogP contribution in [0.5, 0.6) is 5.75 Å². The number of hydrogen-bond acceptors (Lipinski definition) is 6. The predicted octanol–water partition coefficient (Wildman–Crippen LogP) is 6.36. The van der Waals surface area contributed by atoms with E-state index in [-0.39, 0.29) is 11.3 Å². The molecule has 3 aromatic carbocycles. The van der Waals surface area contributed by atoms with Crippen molar-refractivity contribution < 1.29 is 19.4 Å². The predicted molar refractivity (Wildman–Crippen MR) is 143 cm³/mol. The van der Waals surface area contributed by atoms with E-state index in [2.05, 4.69) is 18.8 Å². The zero-order valence-electron chi connectivity index (χ0n) is 20.5. The molecule has 4 aromatic rings. The third-order valence-electron chi connectivity index (χ3n) is 6.47. The molecule has 1 N–H and O–H groups in total. The molecule has 6 nitrogen and oxygen atoms in total. The Morgan fingerprint density at radius 1 is 1.03 bits per heavy atom. The van der Waals surface area contributed by atoms with E-state index >= 15 is 0 Å². The number of aliphatic hydroxyl groups excluding tert-OH is 1. The first-order chi connectivity index (χ1) is 17.3. The molecule has 1 atom stereocenters. The van der Waals surface area contributed by atoms with E-state index in [1.165, 1.54) is 16.2 Å². The third-order valence-corrected chi connectivity index (χ3v) is 7.48. The summed E-state index contributed by atoms with van der Waals surface area (Å²) in [5.74, 6) is -0.723. The highest BCUT2D eigenvalue weighted by atomic mass is 32.1. The Hall–Kier alpha value is -3.97. The van der Waals surface area contributed by atoms with Gasteiger partial charge in [-0.05, 0) is 65.9 Å². The number of amides is 1. The lowest BCUT2D eigenvalue weighted by atomic mass is 9.93. The molecule has 1 aliphatic rings. The van der Waals surface area contributed by atoms with Crippen LogP contribution in [0.25, 0.3) is 16.0 Å². The number of anilines is 1. The number of carbonyl (C=O) groups excluding carboxylic acids is 2. The second kappa shape index (κ2) is 9.24. The van der Waals surface area contributed by atoms with Crippen molar-refractivity contribution in [1.82, 2.24) is 4.98 Å². The number of aromatic nitrogens is 1. The van der Waals surface area contributed by atoms with Gasteiger partial charge in [0.25, 0.3) is 5.78 Å². The van der Waals surface area contributed by atoms with Crippen molar-refractivity contribution >= 4 is 44.1 Å². The highest BCUT2D eigenvalue weighted by Gasteiger charge is 2.48. The fraction of sp³-hybridized carbons (Fsp3) is 0.207. The van der Waals surface area contributed by atoms with Crippen molar-refractivity contribution in [2.45, 2.75) is 32.7 Å². The molecule has 0 bridgehead atoms. The fourth-order valence-electron chi connectivity index (χ4n) is 4.44. The van der Waals surface area contributed by atoms with E-state index in [1.54, 1.807) is 31.4 Å². The molecular weight excluding hydrogens is 472 g/mol. The van der Waals surface area contributed by atoms with Crippen molar-refractivity contribution in [3.05, 3.63) is 94.6 Å². The number of hydrogen-bond donors (Lipinski definition) is 1. The van der Waals surface area contributed by atoms with Crippen molar-refractivity contribution in [1.29, 1.82) is 0 Å². The highest BCUT2D eigenvalue weighted by molar-refractivity contribution is 7.22. The Morgan fingerprint density at radius 3 is 2.36 bits per heavy atom. The summed E-state index contributed by atoms with van der Waals surface area (Å²) >= 11 is 1.36. The maximum atomic E-state index is 13.4. The van der Waals surface area contributed by atoms with Crippen LogP contribution in [0.4, 0.5) is 5.13 Å². The van der Waals surface area contributed by atoms with E-state index in [9.17, 15) is 14.7 Å². The molecule has 5 rings (SSSR count). The van der Waals surface area contributed by atoms with Gasteiger partial charge in [0, 0.05) is 5.56 Å². The lowest BCUT2D eigenvalue weighted by Crippen LogP contribution is -2.29. The maximum absolute atomic E-state index is 13.4. The van der Waals surface area contributed by atoms with E-state index in [0.29, 0.717) is 22.4 Å². The van der Waals surface area contributed by atoms with Crippen LogP contribution in [-0.4, -0.2) is 28.9 Å². The van der Waals surface area contributed by atoms with Crippen molar-refractivity contribution in [2.24, 2.45) is 0 Å². The minimum atomic E-state index is -0.810. The summed E-state index contributed by atoms with van der Waals surface area (Å²) in [6.45, 7) is 6.21. The summed E-state index contributed by atoms with van der Waals surface area (Å²) in [7, 11) is 1.56. The molecule has 0 unspecified atom stereocenters. The number of rotatable bonds is 5. The number of fused-ring (bicyclic) bond motifs is 1. The maximum Gasteiger partial charge on any atom is 0.301 e. The summed E-state index contributed by atoms with van der Waals surface area (Å²) < 4.78 is 6.14. The van der Waals surface area contributed by atoms with Crippen molar-refractivity contribution in [2.75, 3.05) is 12.0 Å². The van der Waals surface area contributed by atoms with Gasteiger partial charge in [-0.25, -0.2) is 4.98 Å². The van der Waals surface area contributed by atoms with Gasteiger partial charge in [0.2, 0.25) is 0 Å². The summed E-state index contributed by atoms with van der Waals surface area (Å²) in [5.41, 5.74) is 4.17. The number of methoxy groups -OCH3 is 1. The molecule has 1 fully saturated rings. The van der Waals surface area contributed by atoms with Crippen LogP contribution < -0.4 is 9.64 Å². The standard InChI is InChI=1S/C29H26N2O4S/c1-16(2)18-6-8-19(9-7-18)25-24(26(32)20-10-12-21(35-4)13-11-20)27(33)28(34)31(25)29-30-22-14-5-17(3)15-23(22)36-29/h5-16,25,32H,1-4H3/b26-24+/t25-/m0/s1. The van der Waals surface area contributed by atoms with Gasteiger partial charge in [0.05, 0.1) is 28.9 Å². The van der Waals surface area contributed by atoms with Crippen molar-refractivity contribution in [3.63, 3.8) is 0 Å². The Kier molecular flexibility index (Phi) is 6.10. The van der Waals surface area contributed by atoms with Crippen LogP contribution >= 0.6 is 11.3 Å². The Morgan fingerprint density at radius 2 is 1.72 bits per heavy atom. The molecule has 0 aliphatic carbocycles. The normalized spacial score (nSPS) is 17.4. The molecular formula is C29H26N2O4S. The van der Waals surface area contributed by atoms with Crippen molar-refractivity contribution in [3.8, 4) is 5.75 Å². The summed E-state index contributed by atoms with van der Waals surface area (Å²) in [6, 6.07) is 19.6. The number of ether oxygens (including phenoxy) is 1. The first-order valence-corrected chi connectivity index (χ1v) is 12.5. The lowest BCUT2D eigenvalue weighted by Gasteiger charge is -2.23. The zero-order valence-corrected chi connectivity index (χ0v) is 21.3. The quantitative estimate of drug-likeness (QED) is 0.197. The molecule has 2 heterocycles. The number of thiazole rings is 1. The number of Topliss-reactive ketones (excluding diaryl/α,β-unsaturated/α-hetero) is 1. The van der Waals surface area contributed by atoms with Gasteiger partial charge in [-0.15, -0.1) is 0 Å². The van der Waals surface area contributed by atoms with E-state index in [1.807, 2.05) is 49.4 Å². The van der Waals surface area contributed by atoms with E-state index in [0.717, 1.165) is 26.9 Å². The fourth-order valence-corrected chi connectivity index (χ4v) is 5.53. The molecule has 0 spiro atoms. The van der Waals surface area contributed by atoms with Crippen LogP contribution in [0.15, 0.2) is 72.3 Å².